The zero-order valence-electron chi connectivity index (χ0n) is 13.3. The van der Waals surface area contributed by atoms with Crippen molar-refractivity contribution in [2.45, 2.75) is 33.1 Å². The molecule has 0 unspecified atom stereocenters. The quantitative estimate of drug-likeness (QED) is 0.926. The van der Waals surface area contributed by atoms with Crippen LogP contribution in [0.2, 0.25) is 0 Å². The second kappa shape index (κ2) is 7.34. The lowest BCUT2D eigenvalue weighted by molar-refractivity contribution is 0.174. The average Bonchev–Trinajstić information content (AvgIpc) is 2.48. The largest absolute Gasteiger partial charge is 0.496 e. The van der Waals surface area contributed by atoms with Crippen molar-refractivity contribution < 1.29 is 9.53 Å². The fourth-order valence-electron chi connectivity index (χ4n) is 2.73. The number of carbonyl (C=O) groups is 1. The number of amides is 2. The van der Waals surface area contributed by atoms with E-state index in [1.54, 1.807) is 7.11 Å². The van der Waals surface area contributed by atoms with Gasteiger partial charge in [-0.1, -0.05) is 24.6 Å². The number of rotatable bonds is 4. The molecular formula is C17H26N2O2. The molecule has 1 aliphatic rings. The topological polar surface area (TPSA) is 41.6 Å². The summed E-state index contributed by atoms with van der Waals surface area (Å²) in [5, 5.41) is 3.02. The van der Waals surface area contributed by atoms with Gasteiger partial charge in [-0.3, -0.25) is 0 Å². The molecule has 0 saturated carbocycles. The molecule has 0 radical (unpaired) electrons. The number of piperidine rings is 1. The number of likely N-dealkylation sites (tertiary alicyclic amines) is 1. The number of carbonyl (C=O) groups excluding carboxylic acids is 1. The van der Waals surface area contributed by atoms with Crippen LogP contribution < -0.4 is 10.1 Å². The van der Waals surface area contributed by atoms with Crippen molar-refractivity contribution in [3.8, 4) is 5.75 Å². The van der Waals surface area contributed by atoms with Crippen molar-refractivity contribution in [3.63, 3.8) is 0 Å². The third-order valence-corrected chi connectivity index (χ3v) is 4.18. The molecule has 0 bridgehead atoms. The number of aryl methyl sites for hydroxylation is 1. The van der Waals surface area contributed by atoms with Crippen LogP contribution in [0.15, 0.2) is 18.2 Å². The SMILES string of the molecule is COc1ccc(C)cc1CCNC(=O)N1CCC(C)CC1. The summed E-state index contributed by atoms with van der Waals surface area (Å²) in [7, 11) is 1.68. The van der Waals surface area contributed by atoms with Gasteiger partial charge in [0, 0.05) is 19.6 Å². The van der Waals surface area contributed by atoms with Crippen molar-refractivity contribution in [2.75, 3.05) is 26.7 Å². The van der Waals surface area contributed by atoms with E-state index in [1.807, 2.05) is 17.0 Å². The first-order valence-corrected chi connectivity index (χ1v) is 7.76. The monoisotopic (exact) mass is 290 g/mol. The Kier molecular flexibility index (Phi) is 5.48. The normalized spacial score (nSPS) is 15.9. The number of urea groups is 1. The zero-order chi connectivity index (χ0) is 15.2. The van der Waals surface area contributed by atoms with Gasteiger partial charge in [0.1, 0.15) is 5.75 Å². The van der Waals surface area contributed by atoms with E-state index in [0.29, 0.717) is 6.54 Å². The summed E-state index contributed by atoms with van der Waals surface area (Å²) >= 11 is 0. The summed E-state index contributed by atoms with van der Waals surface area (Å²) in [4.78, 5) is 14.0. The first kappa shape index (κ1) is 15.7. The Balaban J connectivity index is 1.81. The highest BCUT2D eigenvalue weighted by Crippen LogP contribution is 2.20. The number of hydrogen-bond donors (Lipinski definition) is 1. The van der Waals surface area contributed by atoms with Gasteiger partial charge in [-0.25, -0.2) is 4.79 Å². The molecule has 1 fully saturated rings. The van der Waals surface area contributed by atoms with Crippen molar-refractivity contribution in [3.05, 3.63) is 29.3 Å². The van der Waals surface area contributed by atoms with Gasteiger partial charge in [-0.05, 0) is 43.7 Å². The van der Waals surface area contributed by atoms with Gasteiger partial charge >= 0.3 is 6.03 Å². The van der Waals surface area contributed by atoms with Gasteiger partial charge in [0.25, 0.3) is 0 Å². The lowest BCUT2D eigenvalue weighted by Gasteiger charge is -2.30. The first-order valence-electron chi connectivity index (χ1n) is 7.76. The third-order valence-electron chi connectivity index (χ3n) is 4.18. The molecule has 21 heavy (non-hydrogen) atoms. The number of ether oxygens (including phenoxy) is 1. The summed E-state index contributed by atoms with van der Waals surface area (Å²) in [6, 6.07) is 6.20. The van der Waals surface area contributed by atoms with Crippen molar-refractivity contribution >= 4 is 6.03 Å². The molecule has 0 atom stereocenters. The summed E-state index contributed by atoms with van der Waals surface area (Å²) in [6.07, 6.45) is 3.01. The van der Waals surface area contributed by atoms with Crippen LogP contribution >= 0.6 is 0 Å². The van der Waals surface area contributed by atoms with Crippen molar-refractivity contribution in [2.24, 2.45) is 5.92 Å². The molecule has 4 nitrogen and oxygen atoms in total. The molecule has 0 aromatic heterocycles. The van der Waals surface area contributed by atoms with Gasteiger partial charge in [-0.15, -0.1) is 0 Å². The maximum atomic E-state index is 12.1. The summed E-state index contributed by atoms with van der Waals surface area (Å²) in [5.74, 6) is 1.63. The van der Waals surface area contributed by atoms with E-state index < -0.39 is 0 Å². The van der Waals surface area contributed by atoms with E-state index in [-0.39, 0.29) is 6.03 Å². The minimum Gasteiger partial charge on any atom is -0.496 e. The van der Waals surface area contributed by atoms with Gasteiger partial charge in [0.2, 0.25) is 0 Å². The highest BCUT2D eigenvalue weighted by atomic mass is 16.5. The molecule has 1 aliphatic heterocycles. The maximum absolute atomic E-state index is 12.1. The van der Waals surface area contributed by atoms with Crippen LogP contribution in [0.5, 0.6) is 5.75 Å². The van der Waals surface area contributed by atoms with Crippen LogP contribution in [-0.2, 0) is 6.42 Å². The predicted molar refractivity (Wildman–Crippen MR) is 84.8 cm³/mol. The number of nitrogens with zero attached hydrogens (tertiary/aromatic N) is 1. The number of hydrogen-bond acceptors (Lipinski definition) is 2. The van der Waals surface area contributed by atoms with Gasteiger partial charge < -0.3 is 15.0 Å². The lowest BCUT2D eigenvalue weighted by Crippen LogP contribution is -2.44. The predicted octanol–water partition coefficient (Wildman–Crippen LogP) is 2.99. The van der Waals surface area contributed by atoms with Crippen molar-refractivity contribution in [1.82, 2.24) is 10.2 Å². The second-order valence-electron chi connectivity index (χ2n) is 5.97. The molecule has 2 rings (SSSR count). The molecule has 1 aromatic carbocycles. The molecule has 1 heterocycles. The second-order valence-corrected chi connectivity index (χ2v) is 5.97. The molecule has 4 heteroatoms. The Morgan fingerprint density at radius 1 is 1.38 bits per heavy atom. The first-order chi connectivity index (χ1) is 10.1. The number of benzene rings is 1. The molecule has 1 N–H and O–H groups in total. The van der Waals surface area contributed by atoms with Crippen LogP contribution in [0.3, 0.4) is 0 Å². The molecule has 0 spiro atoms. The van der Waals surface area contributed by atoms with E-state index in [2.05, 4.69) is 25.2 Å². The fourth-order valence-corrected chi connectivity index (χ4v) is 2.73. The maximum Gasteiger partial charge on any atom is 0.317 e. The Morgan fingerprint density at radius 3 is 2.76 bits per heavy atom. The summed E-state index contributed by atoms with van der Waals surface area (Å²) in [5.41, 5.74) is 2.35. The van der Waals surface area contributed by atoms with E-state index >= 15 is 0 Å². The highest BCUT2D eigenvalue weighted by molar-refractivity contribution is 5.74. The van der Waals surface area contributed by atoms with Gasteiger partial charge in [0.05, 0.1) is 7.11 Å². The number of methoxy groups -OCH3 is 1. The van der Waals surface area contributed by atoms with Gasteiger partial charge in [-0.2, -0.15) is 0 Å². The van der Waals surface area contributed by atoms with E-state index in [9.17, 15) is 4.79 Å². The third kappa shape index (κ3) is 4.38. The minimum atomic E-state index is 0.0634. The van der Waals surface area contributed by atoms with Crippen molar-refractivity contribution in [1.29, 1.82) is 0 Å². The fraction of sp³-hybridized carbons (Fsp3) is 0.588. The Morgan fingerprint density at radius 2 is 2.10 bits per heavy atom. The standard InChI is InChI=1S/C17H26N2O2/c1-13-7-10-19(11-8-13)17(20)18-9-6-15-12-14(2)4-5-16(15)21-3/h4-5,12-13H,6-11H2,1-3H3,(H,18,20). The Labute approximate surface area is 127 Å². The molecule has 1 saturated heterocycles. The highest BCUT2D eigenvalue weighted by Gasteiger charge is 2.19. The van der Waals surface area contributed by atoms with E-state index in [0.717, 1.165) is 49.6 Å². The molecule has 0 aliphatic carbocycles. The molecular weight excluding hydrogens is 264 g/mol. The molecule has 1 aromatic rings. The summed E-state index contributed by atoms with van der Waals surface area (Å²) < 4.78 is 5.36. The van der Waals surface area contributed by atoms with E-state index in [4.69, 9.17) is 4.74 Å². The van der Waals surface area contributed by atoms with Crippen LogP contribution in [0.1, 0.15) is 30.9 Å². The Hall–Kier alpha value is -1.71. The minimum absolute atomic E-state index is 0.0634. The number of nitrogens with one attached hydrogen (secondary N) is 1. The van der Waals surface area contributed by atoms with Crippen LogP contribution in [-0.4, -0.2) is 37.7 Å². The Bertz CT molecular complexity index is 480. The van der Waals surface area contributed by atoms with Crippen LogP contribution in [0.25, 0.3) is 0 Å². The molecule has 116 valence electrons. The average molecular weight is 290 g/mol. The van der Waals surface area contributed by atoms with Crippen LogP contribution in [0, 0.1) is 12.8 Å². The molecule has 2 amide bonds. The van der Waals surface area contributed by atoms with Crippen LogP contribution in [0.4, 0.5) is 4.79 Å². The smallest absolute Gasteiger partial charge is 0.317 e. The van der Waals surface area contributed by atoms with Gasteiger partial charge in [0.15, 0.2) is 0 Å². The zero-order valence-corrected chi connectivity index (χ0v) is 13.3. The summed E-state index contributed by atoms with van der Waals surface area (Å²) in [6.45, 7) is 6.71. The van der Waals surface area contributed by atoms with E-state index in [1.165, 1.54) is 5.56 Å². The lowest BCUT2D eigenvalue weighted by atomic mass is 10.00.